The maximum Gasteiger partial charge on any atom is 0.256 e. The fourth-order valence-corrected chi connectivity index (χ4v) is 3.20. The minimum absolute atomic E-state index is 0.151. The number of anilines is 1. The van der Waals surface area contributed by atoms with Gasteiger partial charge in [0, 0.05) is 15.1 Å². The number of hydrogen-bond donors (Lipinski definition) is 1. The molecule has 0 spiro atoms. The molecule has 5 nitrogen and oxygen atoms in total. The molecule has 0 unspecified atom stereocenters. The number of benzene rings is 2. The van der Waals surface area contributed by atoms with Gasteiger partial charge in [-0.15, -0.1) is 11.8 Å². The van der Waals surface area contributed by atoms with Crippen molar-refractivity contribution in [3.8, 4) is 0 Å². The van der Waals surface area contributed by atoms with E-state index in [1.54, 1.807) is 13.0 Å². The number of hydrogen-bond acceptors (Lipinski definition) is 5. The monoisotopic (exact) mass is 403 g/mol. The molecule has 0 aliphatic carbocycles. The van der Waals surface area contributed by atoms with E-state index in [9.17, 15) is 4.79 Å². The minimum Gasteiger partial charge on any atom is -0.338 e. The molecule has 0 atom stereocenters. The first kappa shape index (κ1) is 16.7. The third-order valence-corrected chi connectivity index (χ3v) is 4.74. The van der Waals surface area contributed by atoms with E-state index in [0.29, 0.717) is 23.0 Å². The second kappa shape index (κ2) is 7.63. The second-order valence-corrected chi connectivity index (χ2v) is 6.91. The first-order valence-corrected chi connectivity index (χ1v) is 8.97. The topological polar surface area (TPSA) is 68.0 Å². The third-order valence-electron chi connectivity index (χ3n) is 3.15. The average Bonchev–Trinajstić information content (AvgIpc) is 3.01. The van der Waals surface area contributed by atoms with Crippen LogP contribution in [0.1, 0.15) is 22.1 Å². The van der Waals surface area contributed by atoms with Crippen molar-refractivity contribution < 1.29 is 9.32 Å². The second-order valence-electron chi connectivity index (χ2n) is 4.98. The standard InChI is InChI=1S/C17H14BrN3O2S/c1-11-19-16(23-21-11)10-24-15-5-3-2-4-14(15)17(22)20-13-8-6-12(18)7-9-13/h2-9H,10H2,1H3,(H,20,22). The van der Waals surface area contributed by atoms with Crippen molar-refractivity contribution in [3.63, 3.8) is 0 Å². The van der Waals surface area contributed by atoms with Gasteiger partial charge in [-0.25, -0.2) is 0 Å². The Hall–Kier alpha value is -2.12. The summed E-state index contributed by atoms with van der Waals surface area (Å²) in [4.78, 5) is 17.6. The Labute approximate surface area is 152 Å². The minimum atomic E-state index is -0.151. The number of halogens is 1. The SMILES string of the molecule is Cc1noc(CSc2ccccc2C(=O)Nc2ccc(Br)cc2)n1. The molecule has 1 aromatic heterocycles. The number of nitrogens with zero attached hydrogens (tertiary/aromatic N) is 2. The van der Waals surface area contributed by atoms with Crippen LogP contribution in [-0.2, 0) is 5.75 Å². The van der Waals surface area contributed by atoms with Crippen LogP contribution in [0.2, 0.25) is 0 Å². The van der Waals surface area contributed by atoms with Gasteiger partial charge in [0.1, 0.15) is 0 Å². The molecule has 0 saturated carbocycles. The number of carbonyl (C=O) groups is 1. The van der Waals surface area contributed by atoms with Gasteiger partial charge < -0.3 is 9.84 Å². The summed E-state index contributed by atoms with van der Waals surface area (Å²) in [5.74, 6) is 1.51. The zero-order chi connectivity index (χ0) is 16.9. The van der Waals surface area contributed by atoms with E-state index in [4.69, 9.17) is 4.52 Å². The lowest BCUT2D eigenvalue weighted by Gasteiger charge is -2.09. The van der Waals surface area contributed by atoms with Gasteiger partial charge in [0.25, 0.3) is 5.91 Å². The van der Waals surface area contributed by atoms with Crippen molar-refractivity contribution in [3.05, 3.63) is 70.3 Å². The molecular formula is C17H14BrN3O2S. The van der Waals surface area contributed by atoms with Crippen LogP contribution < -0.4 is 5.32 Å². The van der Waals surface area contributed by atoms with Crippen LogP contribution in [0.15, 0.2) is 62.4 Å². The maximum atomic E-state index is 12.5. The number of rotatable bonds is 5. The number of aryl methyl sites for hydroxylation is 1. The molecule has 0 aliphatic rings. The molecule has 0 fully saturated rings. The highest BCUT2D eigenvalue weighted by Gasteiger charge is 2.13. The number of thioether (sulfide) groups is 1. The number of amides is 1. The van der Waals surface area contributed by atoms with Crippen LogP contribution in [0.25, 0.3) is 0 Å². The lowest BCUT2D eigenvalue weighted by molar-refractivity contribution is 0.102. The Balaban J connectivity index is 1.72. The highest BCUT2D eigenvalue weighted by molar-refractivity contribution is 9.10. The van der Waals surface area contributed by atoms with Crippen molar-refractivity contribution in [2.24, 2.45) is 0 Å². The molecule has 1 amide bonds. The van der Waals surface area contributed by atoms with Crippen LogP contribution in [0.5, 0.6) is 0 Å². The summed E-state index contributed by atoms with van der Waals surface area (Å²) < 4.78 is 6.07. The zero-order valence-corrected chi connectivity index (χ0v) is 15.2. The van der Waals surface area contributed by atoms with Gasteiger partial charge in [-0.1, -0.05) is 33.2 Å². The van der Waals surface area contributed by atoms with Gasteiger partial charge in [0.2, 0.25) is 5.89 Å². The third kappa shape index (κ3) is 4.24. The molecule has 7 heteroatoms. The smallest absolute Gasteiger partial charge is 0.256 e. The van der Waals surface area contributed by atoms with Gasteiger partial charge in [-0.05, 0) is 43.3 Å². The van der Waals surface area contributed by atoms with Gasteiger partial charge >= 0.3 is 0 Å². The molecule has 3 aromatic rings. The van der Waals surface area contributed by atoms with Crippen molar-refractivity contribution in [1.29, 1.82) is 0 Å². The summed E-state index contributed by atoms with van der Waals surface area (Å²) in [7, 11) is 0. The molecule has 0 radical (unpaired) electrons. The summed E-state index contributed by atoms with van der Waals surface area (Å²) in [5.41, 5.74) is 1.36. The van der Waals surface area contributed by atoms with Crippen LogP contribution in [-0.4, -0.2) is 16.0 Å². The van der Waals surface area contributed by atoms with E-state index in [0.717, 1.165) is 15.1 Å². The fourth-order valence-electron chi connectivity index (χ4n) is 2.05. The first-order valence-electron chi connectivity index (χ1n) is 7.20. The lowest BCUT2D eigenvalue weighted by atomic mass is 10.2. The number of carbonyl (C=O) groups excluding carboxylic acids is 1. The predicted octanol–water partition coefficient (Wildman–Crippen LogP) is 4.69. The van der Waals surface area contributed by atoms with E-state index in [-0.39, 0.29) is 5.91 Å². The molecular weight excluding hydrogens is 390 g/mol. The van der Waals surface area contributed by atoms with E-state index in [1.807, 2.05) is 42.5 Å². The highest BCUT2D eigenvalue weighted by Crippen LogP contribution is 2.26. The normalized spacial score (nSPS) is 10.6. The molecule has 0 bridgehead atoms. The Morgan fingerprint density at radius 1 is 1.21 bits per heavy atom. The van der Waals surface area contributed by atoms with Crippen molar-refractivity contribution in [1.82, 2.24) is 10.1 Å². The summed E-state index contributed by atoms with van der Waals surface area (Å²) in [5, 5.41) is 6.67. The predicted molar refractivity (Wildman–Crippen MR) is 97.1 cm³/mol. The highest BCUT2D eigenvalue weighted by atomic mass is 79.9. The lowest BCUT2D eigenvalue weighted by Crippen LogP contribution is -2.12. The van der Waals surface area contributed by atoms with E-state index >= 15 is 0 Å². The van der Waals surface area contributed by atoms with E-state index in [2.05, 4.69) is 31.4 Å². The Morgan fingerprint density at radius 2 is 1.96 bits per heavy atom. The van der Waals surface area contributed by atoms with E-state index in [1.165, 1.54) is 11.8 Å². The Bertz CT molecular complexity index is 849. The summed E-state index contributed by atoms with van der Waals surface area (Å²) in [6.07, 6.45) is 0. The van der Waals surface area contributed by atoms with Crippen LogP contribution in [0.3, 0.4) is 0 Å². The molecule has 0 saturated heterocycles. The maximum absolute atomic E-state index is 12.5. The summed E-state index contributed by atoms with van der Waals surface area (Å²) in [6.45, 7) is 1.78. The molecule has 2 aromatic carbocycles. The summed E-state index contributed by atoms with van der Waals surface area (Å²) in [6, 6.07) is 14.9. The van der Waals surface area contributed by atoms with Crippen molar-refractivity contribution in [2.75, 3.05) is 5.32 Å². The van der Waals surface area contributed by atoms with Crippen molar-refractivity contribution in [2.45, 2.75) is 17.6 Å². The molecule has 24 heavy (non-hydrogen) atoms. The van der Waals surface area contributed by atoms with Crippen LogP contribution >= 0.6 is 27.7 Å². The van der Waals surface area contributed by atoms with E-state index < -0.39 is 0 Å². The molecule has 1 heterocycles. The number of nitrogens with one attached hydrogen (secondary N) is 1. The zero-order valence-electron chi connectivity index (χ0n) is 12.8. The van der Waals surface area contributed by atoms with Gasteiger partial charge in [-0.2, -0.15) is 4.98 Å². The summed E-state index contributed by atoms with van der Waals surface area (Å²) >= 11 is 4.87. The first-order chi connectivity index (χ1) is 11.6. The fraction of sp³-hybridized carbons (Fsp3) is 0.118. The van der Waals surface area contributed by atoms with Gasteiger partial charge in [0.15, 0.2) is 5.82 Å². The Morgan fingerprint density at radius 3 is 2.67 bits per heavy atom. The van der Waals surface area contributed by atoms with Crippen molar-refractivity contribution >= 4 is 39.3 Å². The van der Waals surface area contributed by atoms with Gasteiger partial charge in [0.05, 0.1) is 11.3 Å². The quantitative estimate of drug-likeness (QED) is 0.626. The van der Waals surface area contributed by atoms with Crippen LogP contribution in [0.4, 0.5) is 5.69 Å². The molecule has 1 N–H and O–H groups in total. The molecule has 3 rings (SSSR count). The molecule has 122 valence electrons. The molecule has 0 aliphatic heterocycles. The average molecular weight is 404 g/mol. The Kier molecular flexibility index (Phi) is 5.32. The van der Waals surface area contributed by atoms with Gasteiger partial charge in [-0.3, -0.25) is 4.79 Å². The van der Waals surface area contributed by atoms with Crippen LogP contribution in [0, 0.1) is 6.92 Å². The number of aromatic nitrogens is 2. The largest absolute Gasteiger partial charge is 0.338 e.